The van der Waals surface area contributed by atoms with E-state index in [9.17, 15) is 4.79 Å². The molecule has 2 aromatic heterocycles. The molecule has 60 valence electrons. The number of pyridine rings is 1. The van der Waals surface area contributed by atoms with E-state index in [1.165, 1.54) is 0 Å². The third kappa shape index (κ3) is 0.905. The van der Waals surface area contributed by atoms with Crippen molar-refractivity contribution in [2.45, 2.75) is 0 Å². The van der Waals surface area contributed by atoms with Crippen LogP contribution in [0.2, 0.25) is 5.02 Å². The van der Waals surface area contributed by atoms with Crippen LogP contribution in [0.3, 0.4) is 0 Å². The average Bonchev–Trinajstić information content (AvgIpc) is 2.44. The first kappa shape index (κ1) is 7.31. The van der Waals surface area contributed by atoms with Crippen molar-refractivity contribution in [1.29, 1.82) is 0 Å². The third-order valence-electron chi connectivity index (χ3n) is 1.52. The fourth-order valence-electron chi connectivity index (χ4n) is 0.994. The van der Waals surface area contributed by atoms with E-state index in [1.807, 2.05) is 0 Å². The largest absolute Gasteiger partial charge is 0.450 e. The van der Waals surface area contributed by atoms with Crippen molar-refractivity contribution in [2.24, 2.45) is 0 Å². The van der Waals surface area contributed by atoms with Gasteiger partial charge in [0.15, 0.2) is 17.6 Å². The van der Waals surface area contributed by atoms with Crippen LogP contribution in [-0.4, -0.2) is 11.3 Å². The first-order chi connectivity index (χ1) is 5.83. The lowest BCUT2D eigenvalue weighted by Gasteiger charge is -1.82. The maximum Gasteiger partial charge on any atom is 0.188 e. The summed E-state index contributed by atoms with van der Waals surface area (Å²) in [4.78, 5) is 14.4. The van der Waals surface area contributed by atoms with Crippen molar-refractivity contribution in [3.05, 3.63) is 29.1 Å². The quantitative estimate of drug-likeness (QED) is 0.634. The summed E-state index contributed by atoms with van der Waals surface area (Å²) < 4.78 is 5.09. The van der Waals surface area contributed by atoms with Gasteiger partial charge >= 0.3 is 0 Å². The first-order valence-electron chi connectivity index (χ1n) is 3.31. The van der Waals surface area contributed by atoms with Gasteiger partial charge in [0, 0.05) is 6.20 Å². The number of rotatable bonds is 1. The molecule has 0 aromatic carbocycles. The molecule has 2 rings (SSSR count). The Bertz CT molecular complexity index is 436. The van der Waals surface area contributed by atoms with Gasteiger partial charge in [-0.2, -0.15) is 0 Å². The van der Waals surface area contributed by atoms with Crippen molar-refractivity contribution in [3.8, 4) is 0 Å². The summed E-state index contributed by atoms with van der Waals surface area (Å²) in [5.74, 6) is 0.130. The molecule has 0 bridgehead atoms. The zero-order valence-corrected chi connectivity index (χ0v) is 6.71. The van der Waals surface area contributed by atoms with Crippen LogP contribution in [-0.2, 0) is 0 Å². The van der Waals surface area contributed by atoms with Crippen LogP contribution in [0.5, 0.6) is 0 Å². The lowest BCUT2D eigenvalue weighted by molar-refractivity contribution is 0.110. The zero-order valence-electron chi connectivity index (χ0n) is 5.95. The topological polar surface area (TPSA) is 43.1 Å². The smallest absolute Gasteiger partial charge is 0.188 e. The van der Waals surface area contributed by atoms with Crippen molar-refractivity contribution < 1.29 is 9.21 Å². The highest BCUT2D eigenvalue weighted by Gasteiger charge is 2.11. The maximum atomic E-state index is 10.4. The van der Waals surface area contributed by atoms with E-state index in [2.05, 4.69) is 4.98 Å². The van der Waals surface area contributed by atoms with Crippen molar-refractivity contribution in [3.63, 3.8) is 0 Å². The van der Waals surface area contributed by atoms with E-state index >= 15 is 0 Å². The summed E-state index contributed by atoms with van der Waals surface area (Å²) in [6, 6.07) is 3.43. The second kappa shape index (κ2) is 2.60. The van der Waals surface area contributed by atoms with Gasteiger partial charge in [0.2, 0.25) is 0 Å². The highest BCUT2D eigenvalue weighted by Crippen LogP contribution is 2.26. The molecule has 3 nitrogen and oxygen atoms in total. The predicted octanol–water partition coefficient (Wildman–Crippen LogP) is 2.29. The van der Waals surface area contributed by atoms with E-state index in [4.69, 9.17) is 16.0 Å². The Balaban J connectivity index is 2.87. The highest BCUT2D eigenvalue weighted by atomic mass is 35.5. The molecule has 2 heterocycles. The Morgan fingerprint density at radius 1 is 1.58 bits per heavy atom. The number of carbonyl (C=O) groups is 1. The fourth-order valence-corrected chi connectivity index (χ4v) is 1.22. The number of furan rings is 1. The molecule has 0 saturated heterocycles. The molecule has 0 aliphatic rings. The minimum Gasteiger partial charge on any atom is -0.450 e. The lowest BCUT2D eigenvalue weighted by Crippen LogP contribution is -1.73. The maximum absolute atomic E-state index is 10.4. The fraction of sp³-hybridized carbons (Fsp3) is 0. The molecule has 0 fully saturated rings. The molecule has 0 radical (unpaired) electrons. The molecule has 0 N–H and O–H groups in total. The number of hydrogen-bond acceptors (Lipinski definition) is 3. The Morgan fingerprint density at radius 2 is 2.42 bits per heavy atom. The Kier molecular flexibility index (Phi) is 1.59. The molecule has 2 aromatic rings. The van der Waals surface area contributed by atoms with Gasteiger partial charge < -0.3 is 4.42 Å². The monoisotopic (exact) mass is 181 g/mol. The average molecular weight is 182 g/mol. The van der Waals surface area contributed by atoms with Crippen LogP contribution in [0.25, 0.3) is 11.1 Å². The Morgan fingerprint density at radius 3 is 3.08 bits per heavy atom. The van der Waals surface area contributed by atoms with E-state index in [1.54, 1.807) is 18.3 Å². The molecule has 0 saturated carbocycles. The molecule has 0 aliphatic heterocycles. The number of nitrogens with zero attached hydrogens (tertiary/aromatic N) is 1. The number of carbonyl (C=O) groups excluding carboxylic acids is 1. The molecule has 0 amide bonds. The van der Waals surface area contributed by atoms with Gasteiger partial charge in [0.05, 0.1) is 0 Å². The normalized spacial score (nSPS) is 10.4. The number of aromatic nitrogens is 1. The summed E-state index contributed by atoms with van der Waals surface area (Å²) in [7, 11) is 0. The second-order valence-corrected chi connectivity index (χ2v) is 2.63. The second-order valence-electron chi connectivity index (χ2n) is 2.25. The Labute approximate surface area is 73.0 Å². The van der Waals surface area contributed by atoms with Crippen molar-refractivity contribution in [2.75, 3.05) is 0 Å². The van der Waals surface area contributed by atoms with Gasteiger partial charge in [0.25, 0.3) is 0 Å². The lowest BCUT2D eigenvalue weighted by atomic mass is 10.4. The van der Waals surface area contributed by atoms with Crippen LogP contribution < -0.4 is 0 Å². The minimum atomic E-state index is 0.130. The molecule has 0 spiro atoms. The molecular weight excluding hydrogens is 178 g/mol. The number of aldehydes is 1. The van der Waals surface area contributed by atoms with Gasteiger partial charge in [-0.05, 0) is 12.1 Å². The molecule has 0 atom stereocenters. The zero-order chi connectivity index (χ0) is 8.55. The van der Waals surface area contributed by atoms with Gasteiger partial charge in [0.1, 0.15) is 10.5 Å². The van der Waals surface area contributed by atoms with Gasteiger partial charge in [-0.15, -0.1) is 0 Å². The molecule has 12 heavy (non-hydrogen) atoms. The van der Waals surface area contributed by atoms with Crippen LogP contribution in [0.4, 0.5) is 0 Å². The van der Waals surface area contributed by atoms with Crippen LogP contribution in [0.15, 0.2) is 22.7 Å². The van der Waals surface area contributed by atoms with Gasteiger partial charge in [-0.1, -0.05) is 11.6 Å². The molecule has 4 heteroatoms. The van der Waals surface area contributed by atoms with Crippen LogP contribution >= 0.6 is 11.6 Å². The van der Waals surface area contributed by atoms with E-state index < -0.39 is 0 Å². The van der Waals surface area contributed by atoms with E-state index in [0.29, 0.717) is 17.4 Å². The van der Waals surface area contributed by atoms with Gasteiger partial charge in [-0.25, -0.2) is 0 Å². The van der Waals surface area contributed by atoms with E-state index in [-0.39, 0.29) is 10.8 Å². The molecule has 0 aliphatic carbocycles. The van der Waals surface area contributed by atoms with Crippen molar-refractivity contribution >= 4 is 29.0 Å². The van der Waals surface area contributed by atoms with E-state index in [0.717, 1.165) is 0 Å². The number of fused-ring (bicyclic) bond motifs is 1. The molecule has 0 unspecified atom stereocenters. The van der Waals surface area contributed by atoms with Crippen LogP contribution in [0, 0.1) is 0 Å². The Hall–Kier alpha value is -1.35. The molecular formula is C8H4ClNO2. The SMILES string of the molecule is O=Cc1oc2cccnc2c1Cl. The first-order valence-corrected chi connectivity index (χ1v) is 3.69. The summed E-state index contributed by atoms with van der Waals surface area (Å²) in [6.45, 7) is 0. The highest BCUT2D eigenvalue weighted by molar-refractivity contribution is 6.37. The third-order valence-corrected chi connectivity index (χ3v) is 1.89. The summed E-state index contributed by atoms with van der Waals surface area (Å²) >= 11 is 5.77. The standard InChI is InChI=1S/C8H4ClNO2/c9-7-6(4-11)12-5-2-1-3-10-8(5)7/h1-4H. The minimum absolute atomic E-state index is 0.130. The predicted molar refractivity (Wildman–Crippen MR) is 44.4 cm³/mol. The van der Waals surface area contributed by atoms with Gasteiger partial charge in [-0.3, -0.25) is 9.78 Å². The number of halogens is 1. The van der Waals surface area contributed by atoms with Crippen molar-refractivity contribution in [1.82, 2.24) is 4.98 Å². The van der Waals surface area contributed by atoms with Crippen LogP contribution in [0.1, 0.15) is 10.6 Å². The summed E-state index contributed by atoms with van der Waals surface area (Å²) in [6.07, 6.45) is 2.17. The number of hydrogen-bond donors (Lipinski definition) is 0. The summed E-state index contributed by atoms with van der Waals surface area (Å²) in [5, 5.41) is 0.278. The summed E-state index contributed by atoms with van der Waals surface area (Å²) in [5.41, 5.74) is 1.06.